The fourth-order valence-corrected chi connectivity index (χ4v) is 18.6. The van der Waals surface area contributed by atoms with Crippen LogP contribution in [-0.2, 0) is 78.2 Å². The van der Waals surface area contributed by atoms with E-state index in [0.29, 0.717) is 0 Å². The van der Waals surface area contributed by atoms with Crippen molar-refractivity contribution >= 4 is 0 Å². The molecule has 7 rings (SSSR count). The maximum atomic E-state index is 7.47. The number of allylic oxidation sites excluding steroid dienone is 24. The van der Waals surface area contributed by atoms with Crippen LogP contribution in [0.4, 0.5) is 0 Å². The third-order valence-corrected chi connectivity index (χ3v) is 27.3. The first kappa shape index (κ1) is 121. The molecular formula is C138H198O6. The number of ether oxygens (including phenoxy) is 6. The molecule has 0 fully saturated rings. The van der Waals surface area contributed by atoms with Gasteiger partial charge in [-0.15, -0.1) is 0 Å². The van der Waals surface area contributed by atoms with Gasteiger partial charge in [0.05, 0.1) is 0 Å². The van der Waals surface area contributed by atoms with E-state index in [1.165, 1.54) is 226 Å². The van der Waals surface area contributed by atoms with Crippen molar-refractivity contribution in [2.45, 2.75) is 466 Å². The highest BCUT2D eigenvalue weighted by atomic mass is 16.5. The van der Waals surface area contributed by atoms with Gasteiger partial charge >= 0.3 is 0 Å². The molecular weight excluding hydrogens is 1750 g/mol. The molecule has 0 spiro atoms. The zero-order valence-electron chi connectivity index (χ0n) is 91.8. The first-order chi connectivity index (χ1) is 71.4. The molecule has 0 radical (unpaired) electrons. The molecule has 0 aliphatic carbocycles. The summed E-state index contributed by atoms with van der Waals surface area (Å²) in [6.45, 7) is 14.9. The van der Waals surface area contributed by atoms with Gasteiger partial charge in [-0.05, 0) is 337 Å². The van der Waals surface area contributed by atoms with Crippen LogP contribution in [0.25, 0.3) is 0 Å². The molecule has 0 unspecified atom stereocenters. The molecule has 0 N–H and O–H groups in total. The third-order valence-electron chi connectivity index (χ3n) is 27.3. The van der Waals surface area contributed by atoms with E-state index in [9.17, 15) is 0 Å². The highest BCUT2D eigenvalue weighted by molar-refractivity contribution is 5.53. The zero-order chi connectivity index (χ0) is 101. The van der Waals surface area contributed by atoms with Crippen LogP contribution >= 0.6 is 0 Å². The maximum Gasteiger partial charge on any atom is 0.120 e. The fraction of sp³-hybridized carbons (Fsp3) is 0.522. The van der Waals surface area contributed by atoms with Crippen molar-refractivity contribution in [3.05, 3.63) is 358 Å². The number of aryl methyl sites for hydroxylation is 6. The normalized spacial score (nSPS) is 12.2. The van der Waals surface area contributed by atoms with Gasteiger partial charge < -0.3 is 28.4 Å². The highest BCUT2D eigenvalue weighted by Gasteiger charge is 2.28. The largest absolute Gasteiger partial charge is 0.489 e. The molecule has 0 heterocycles. The fourth-order valence-electron chi connectivity index (χ4n) is 18.6. The Morgan fingerprint density at radius 1 is 0.146 bits per heavy atom. The minimum absolute atomic E-state index is 0.243. The Kier molecular flexibility index (Phi) is 72.7. The Morgan fingerprint density at radius 2 is 0.278 bits per heavy atom. The van der Waals surface area contributed by atoms with Gasteiger partial charge in [-0.25, -0.2) is 0 Å². The van der Waals surface area contributed by atoms with Crippen molar-refractivity contribution in [1.82, 2.24) is 0 Å². The molecule has 0 saturated carbocycles. The number of hydrogen-bond donors (Lipinski definition) is 0. The second-order valence-corrected chi connectivity index (χ2v) is 40.1. The van der Waals surface area contributed by atoms with Crippen LogP contribution < -0.4 is 28.4 Å². The van der Waals surface area contributed by atoms with E-state index in [1.807, 2.05) is 0 Å². The molecule has 6 nitrogen and oxygen atoms in total. The predicted octanol–water partition coefficient (Wildman–Crippen LogP) is 42.3. The molecule has 7 aromatic rings. The van der Waals surface area contributed by atoms with E-state index in [0.717, 1.165) is 261 Å². The Hall–Kier alpha value is -9.78. The van der Waals surface area contributed by atoms with Gasteiger partial charge in [-0.1, -0.05) is 414 Å². The summed E-state index contributed by atoms with van der Waals surface area (Å²) < 4.78 is 44.8. The third kappa shape index (κ3) is 60.4. The summed E-state index contributed by atoms with van der Waals surface area (Å²) in [7, 11) is 0. The standard InChI is InChI=1S/C138H198O6/c1-7-13-19-25-31-37-43-49-55-61-67-73-79-91-121-97-85-103-127(109-121)139-115-133-134(116-140-128-104-86-98-122(110-128)92-80-74-68-62-56-50-44-38-32-26-20-14-8-2)136(118-142-130-106-88-100-124(112-130)94-82-76-70-64-58-52-46-40-34-28-22-16-10-4)138(120-144-132-108-90-102-126(114-132)96-84-78-72-66-60-54-48-42-36-30-24-18-12-6)137(119-143-131-107-89-101-125(113-131)95-83-77-71-65-59-53-47-41-35-29-23-17-11-5)135(133)117-141-129-105-87-99-123(111-129)93-81-75-69-63-57-51-45-39-33-27-21-15-9-3/h19-30,37-48,85-90,97-114H,7-18,31-36,49-84,91-96,115-120H2,1-6H3/b25-19-,26-20-,27-21-,28-22-,29-23-,30-24-,43-37-,44-38-,45-39-,46-40-,47-41-,48-42-. The van der Waals surface area contributed by atoms with Crippen molar-refractivity contribution in [3.8, 4) is 34.5 Å². The lowest BCUT2D eigenvalue weighted by molar-refractivity contribution is 0.249. The molecule has 0 aliphatic rings. The van der Waals surface area contributed by atoms with Gasteiger partial charge in [0, 0.05) is 33.4 Å². The van der Waals surface area contributed by atoms with Crippen LogP contribution in [-0.4, -0.2) is 0 Å². The summed E-state index contributed by atoms with van der Waals surface area (Å²) in [5.74, 6) is 5.06. The summed E-state index contributed by atoms with van der Waals surface area (Å²) in [6, 6.07) is 53.6. The first-order valence-corrected chi connectivity index (χ1v) is 58.7. The SMILES string of the molecule is CCC/C=C\C/C=C\CCCCCCCc1cccc(OCc2c(COc3cccc(CCCCCCC/C=C\C/C=C\CCC)c3)c(COc3cccc(CCCCCCC/C=C\C/C=C\CCC)c3)c(COc3cccc(CCCCCCC/C=C\C/C=C\CCC)c3)c(COc3cccc(CCCCCCC/C=C\C/C=C\CCC)c3)c2COc2cccc(CCCCCCC/C=C\C/C=C\CCC)c2)c1. The van der Waals surface area contributed by atoms with E-state index in [4.69, 9.17) is 28.4 Å². The average Bonchev–Trinajstić information content (AvgIpc) is 0.759. The Labute approximate surface area is 881 Å². The van der Waals surface area contributed by atoms with Crippen molar-refractivity contribution in [2.75, 3.05) is 0 Å². The molecule has 0 saturated heterocycles. The van der Waals surface area contributed by atoms with Crippen LogP contribution in [0.15, 0.2) is 291 Å². The van der Waals surface area contributed by atoms with Crippen molar-refractivity contribution < 1.29 is 28.4 Å². The lowest BCUT2D eigenvalue weighted by Gasteiger charge is -2.28. The van der Waals surface area contributed by atoms with Crippen molar-refractivity contribution in [3.63, 3.8) is 0 Å². The summed E-state index contributed by atoms with van der Waals surface area (Å²) in [5, 5.41) is 0. The maximum absolute atomic E-state index is 7.47. The quantitative estimate of drug-likeness (QED) is 0.0280. The van der Waals surface area contributed by atoms with Gasteiger partial charge in [0.1, 0.15) is 74.1 Å². The number of hydrogen-bond acceptors (Lipinski definition) is 6. The number of rotatable bonds is 90. The summed E-state index contributed by atoms with van der Waals surface area (Å²) in [5.41, 5.74) is 13.8. The summed E-state index contributed by atoms with van der Waals surface area (Å²) in [4.78, 5) is 0. The summed E-state index contributed by atoms with van der Waals surface area (Å²) >= 11 is 0. The smallest absolute Gasteiger partial charge is 0.120 e. The lowest BCUT2D eigenvalue weighted by Crippen LogP contribution is -2.21. The molecule has 0 amide bonds. The minimum atomic E-state index is 0.243. The van der Waals surface area contributed by atoms with Crippen LogP contribution in [0.1, 0.15) is 455 Å². The van der Waals surface area contributed by atoms with Crippen LogP contribution in [0.2, 0.25) is 0 Å². The van der Waals surface area contributed by atoms with E-state index < -0.39 is 0 Å². The lowest BCUT2D eigenvalue weighted by atomic mass is 9.87. The van der Waals surface area contributed by atoms with Crippen LogP contribution in [0.5, 0.6) is 34.5 Å². The molecule has 7 aromatic carbocycles. The highest BCUT2D eigenvalue weighted by Crippen LogP contribution is 2.38. The zero-order valence-corrected chi connectivity index (χ0v) is 91.8. The monoisotopic (exact) mass is 1950 g/mol. The molecule has 6 heteroatoms. The van der Waals surface area contributed by atoms with E-state index in [2.05, 4.69) is 333 Å². The van der Waals surface area contributed by atoms with Crippen LogP contribution in [0.3, 0.4) is 0 Å². The van der Waals surface area contributed by atoms with Crippen molar-refractivity contribution in [2.24, 2.45) is 0 Å². The Morgan fingerprint density at radius 3 is 0.424 bits per heavy atom. The number of unbranched alkanes of at least 4 members (excludes halogenated alkanes) is 36. The number of benzene rings is 7. The van der Waals surface area contributed by atoms with Crippen LogP contribution in [0, 0.1) is 0 Å². The second kappa shape index (κ2) is 86.4. The predicted molar refractivity (Wildman–Crippen MR) is 626 cm³/mol. The van der Waals surface area contributed by atoms with Gasteiger partial charge in [0.15, 0.2) is 0 Å². The molecule has 0 aromatic heterocycles. The molecule has 786 valence electrons. The van der Waals surface area contributed by atoms with Gasteiger partial charge in [0.2, 0.25) is 0 Å². The van der Waals surface area contributed by atoms with Gasteiger partial charge in [-0.3, -0.25) is 0 Å². The van der Waals surface area contributed by atoms with Gasteiger partial charge in [0.25, 0.3) is 0 Å². The van der Waals surface area contributed by atoms with Gasteiger partial charge in [-0.2, -0.15) is 0 Å². The molecule has 0 aliphatic heterocycles. The first-order valence-electron chi connectivity index (χ1n) is 58.7. The molecule has 0 bridgehead atoms. The second-order valence-electron chi connectivity index (χ2n) is 40.1. The Bertz CT molecular complexity index is 3950. The van der Waals surface area contributed by atoms with E-state index in [1.54, 1.807) is 0 Å². The summed E-state index contributed by atoms with van der Waals surface area (Å²) in [6.07, 6.45) is 126. The topological polar surface area (TPSA) is 55.4 Å². The van der Waals surface area contributed by atoms with E-state index >= 15 is 0 Å². The van der Waals surface area contributed by atoms with E-state index in [-0.39, 0.29) is 39.6 Å². The Balaban J connectivity index is 1.32. The molecule has 144 heavy (non-hydrogen) atoms. The average molecular weight is 1950 g/mol. The molecule has 0 atom stereocenters. The minimum Gasteiger partial charge on any atom is -0.489 e. The van der Waals surface area contributed by atoms with Crippen molar-refractivity contribution in [1.29, 1.82) is 0 Å².